The van der Waals surface area contributed by atoms with Crippen molar-refractivity contribution in [2.45, 2.75) is 0 Å². The molecule has 0 aromatic rings. The van der Waals surface area contributed by atoms with Gasteiger partial charge in [0.2, 0.25) is 0 Å². The zero-order chi connectivity index (χ0) is 6.20. The molecule has 0 amide bonds. The van der Waals surface area contributed by atoms with Gasteiger partial charge in [0.15, 0.2) is 0 Å². The SMILES string of the molecule is S=C1CN=CS1(S)S. The molecule has 46 valence electrons. The van der Waals surface area contributed by atoms with Crippen LogP contribution >= 0.6 is 43.6 Å². The third kappa shape index (κ3) is 1.21. The van der Waals surface area contributed by atoms with Gasteiger partial charge in [-0.1, -0.05) is 20.3 Å². The minimum Gasteiger partial charge on any atom is -0.280 e. The van der Waals surface area contributed by atoms with Crippen LogP contribution in [0.15, 0.2) is 4.99 Å². The highest BCUT2D eigenvalue weighted by molar-refractivity contribution is 9.28. The van der Waals surface area contributed by atoms with Crippen molar-refractivity contribution in [3.63, 3.8) is 0 Å². The lowest BCUT2D eigenvalue weighted by molar-refractivity contribution is 1.38. The third-order valence-corrected chi connectivity index (χ3v) is 5.57. The minimum absolute atomic E-state index is 0.637. The van der Waals surface area contributed by atoms with Gasteiger partial charge in [-0.15, -0.1) is 23.3 Å². The monoisotopic (exact) mass is 183 g/mol. The Morgan fingerprint density at radius 3 is 2.50 bits per heavy atom. The third-order valence-electron chi connectivity index (χ3n) is 0.777. The Labute approximate surface area is 64.9 Å². The lowest BCUT2D eigenvalue weighted by Crippen LogP contribution is -1.93. The summed E-state index contributed by atoms with van der Waals surface area (Å²) in [5.74, 6) is 0. The first-order valence-corrected chi connectivity index (χ1v) is 6.15. The summed E-state index contributed by atoms with van der Waals surface area (Å²) in [6.45, 7) is 0.637. The van der Waals surface area contributed by atoms with Crippen LogP contribution in [0, 0.1) is 0 Å². The second kappa shape index (κ2) is 2.21. The van der Waals surface area contributed by atoms with Gasteiger partial charge in [-0.25, -0.2) is 0 Å². The number of thiocarbonyl (C=S) groups is 1. The Bertz CT molecular complexity index is 149. The average molecular weight is 183 g/mol. The fourth-order valence-corrected chi connectivity index (χ4v) is 1.98. The Hall–Kier alpha value is 0.810. The highest BCUT2D eigenvalue weighted by Crippen LogP contribution is 2.58. The quantitative estimate of drug-likeness (QED) is 0.332. The van der Waals surface area contributed by atoms with E-state index in [4.69, 9.17) is 12.2 Å². The van der Waals surface area contributed by atoms with Gasteiger partial charge < -0.3 is 0 Å². The van der Waals surface area contributed by atoms with E-state index in [9.17, 15) is 0 Å². The van der Waals surface area contributed by atoms with E-state index in [1.807, 2.05) is 0 Å². The van der Waals surface area contributed by atoms with Crippen LogP contribution in [0.1, 0.15) is 0 Å². The van der Waals surface area contributed by atoms with Crippen LogP contribution in [0.25, 0.3) is 0 Å². The van der Waals surface area contributed by atoms with E-state index in [2.05, 4.69) is 28.3 Å². The summed E-state index contributed by atoms with van der Waals surface area (Å²) in [6.07, 6.45) is 0. The molecule has 0 saturated carbocycles. The molecule has 1 aliphatic heterocycles. The normalized spacial score (nSPS) is 28.5. The van der Waals surface area contributed by atoms with Gasteiger partial charge >= 0.3 is 0 Å². The molecule has 1 heterocycles. The molecule has 0 N–H and O–H groups in total. The fraction of sp³-hybridized carbons (Fsp3) is 0.333. The number of rotatable bonds is 0. The summed E-state index contributed by atoms with van der Waals surface area (Å²) >= 11 is 13.3. The van der Waals surface area contributed by atoms with Gasteiger partial charge in [0.25, 0.3) is 0 Å². The lowest BCUT2D eigenvalue weighted by Gasteiger charge is -2.15. The smallest absolute Gasteiger partial charge is 0.0811 e. The van der Waals surface area contributed by atoms with Crippen LogP contribution in [0.2, 0.25) is 0 Å². The van der Waals surface area contributed by atoms with Crippen molar-refractivity contribution in [3.8, 4) is 0 Å². The van der Waals surface area contributed by atoms with Crippen molar-refractivity contribution in [3.05, 3.63) is 0 Å². The van der Waals surface area contributed by atoms with Crippen molar-refractivity contribution in [2.75, 3.05) is 6.54 Å². The summed E-state index contributed by atoms with van der Waals surface area (Å²) in [7, 11) is -1.30. The predicted molar refractivity (Wildman–Crippen MR) is 51.5 cm³/mol. The number of hydrogen-bond acceptors (Lipinski definition) is 4. The Kier molecular flexibility index (Phi) is 1.91. The van der Waals surface area contributed by atoms with Gasteiger partial charge in [0, 0.05) is 0 Å². The molecular weight excluding hydrogens is 178 g/mol. The van der Waals surface area contributed by atoms with E-state index in [1.165, 1.54) is 0 Å². The van der Waals surface area contributed by atoms with Crippen LogP contribution in [0.4, 0.5) is 0 Å². The van der Waals surface area contributed by atoms with Gasteiger partial charge in [-0.05, 0) is 0 Å². The largest absolute Gasteiger partial charge is 0.280 e. The summed E-state index contributed by atoms with van der Waals surface area (Å²) in [6, 6.07) is 0. The highest BCUT2D eigenvalue weighted by atomic mass is 33.5. The van der Waals surface area contributed by atoms with Gasteiger partial charge in [-0.2, -0.15) is 0 Å². The van der Waals surface area contributed by atoms with E-state index < -0.39 is 8.09 Å². The molecule has 1 rings (SSSR count). The van der Waals surface area contributed by atoms with Crippen molar-refractivity contribution in [1.29, 1.82) is 0 Å². The molecule has 8 heavy (non-hydrogen) atoms. The second-order valence-electron chi connectivity index (χ2n) is 1.41. The topological polar surface area (TPSA) is 12.4 Å². The standard InChI is InChI=1S/C3H5NS4/c5-3-1-4-2-8(3,6)7/h2,6-7H,1H2. The lowest BCUT2D eigenvalue weighted by atomic mass is 10.8. The predicted octanol–water partition coefficient (Wildman–Crippen LogP) is 1.85. The van der Waals surface area contributed by atoms with Gasteiger partial charge in [0.1, 0.15) is 0 Å². The molecule has 0 aromatic carbocycles. The van der Waals surface area contributed by atoms with Crippen LogP contribution < -0.4 is 0 Å². The maximum absolute atomic E-state index is 4.91. The molecule has 0 atom stereocenters. The molecule has 1 aliphatic rings. The number of nitrogens with zero attached hydrogens (tertiary/aromatic N) is 1. The molecule has 0 bridgehead atoms. The van der Waals surface area contributed by atoms with Crippen molar-refractivity contribution < 1.29 is 0 Å². The minimum atomic E-state index is -1.30. The van der Waals surface area contributed by atoms with Gasteiger partial charge in [-0.3, -0.25) is 4.99 Å². The summed E-state index contributed by atoms with van der Waals surface area (Å²) < 4.78 is 0.865. The molecule has 0 radical (unpaired) electrons. The fourth-order valence-electron chi connectivity index (χ4n) is 0.370. The first-order valence-electron chi connectivity index (χ1n) is 1.94. The van der Waals surface area contributed by atoms with E-state index in [0.717, 1.165) is 4.20 Å². The molecule has 0 fully saturated rings. The molecule has 0 aliphatic carbocycles. The van der Waals surface area contributed by atoms with Crippen LogP contribution in [-0.2, 0) is 0 Å². The molecule has 5 heteroatoms. The Morgan fingerprint density at radius 2 is 2.38 bits per heavy atom. The summed E-state index contributed by atoms with van der Waals surface area (Å²) in [5.41, 5.74) is 1.74. The molecule has 0 unspecified atom stereocenters. The van der Waals surface area contributed by atoms with E-state index in [-0.39, 0.29) is 0 Å². The van der Waals surface area contributed by atoms with Crippen molar-refractivity contribution in [2.24, 2.45) is 4.99 Å². The van der Waals surface area contributed by atoms with Crippen molar-refractivity contribution >= 4 is 53.4 Å². The van der Waals surface area contributed by atoms with Crippen LogP contribution in [-0.4, -0.2) is 16.3 Å². The molecule has 0 aromatic heterocycles. The van der Waals surface area contributed by atoms with Gasteiger partial charge in [0.05, 0.1) is 16.3 Å². The number of aliphatic imine (C=N–C) groups is 1. The zero-order valence-electron chi connectivity index (χ0n) is 3.94. The Balaban J connectivity index is 2.82. The van der Waals surface area contributed by atoms with Crippen molar-refractivity contribution in [1.82, 2.24) is 0 Å². The summed E-state index contributed by atoms with van der Waals surface area (Å²) in [5, 5.41) is 0. The van der Waals surface area contributed by atoms with Crippen LogP contribution in [0.3, 0.4) is 0 Å². The molecular formula is C3H5NS4. The van der Waals surface area contributed by atoms with E-state index >= 15 is 0 Å². The average Bonchev–Trinajstić information content (AvgIpc) is 1.86. The van der Waals surface area contributed by atoms with E-state index in [0.29, 0.717) is 6.54 Å². The maximum Gasteiger partial charge on any atom is 0.0811 e. The zero-order valence-corrected chi connectivity index (χ0v) is 7.36. The second-order valence-corrected chi connectivity index (χ2v) is 8.37. The Morgan fingerprint density at radius 1 is 1.75 bits per heavy atom. The molecule has 1 nitrogen and oxygen atoms in total. The summed E-state index contributed by atoms with van der Waals surface area (Å²) in [4.78, 5) is 3.94. The molecule has 0 saturated heterocycles. The number of thiol groups is 2. The number of hydrogen-bond donors (Lipinski definition) is 2. The van der Waals surface area contributed by atoms with Crippen LogP contribution in [0.5, 0.6) is 0 Å². The maximum atomic E-state index is 4.91. The van der Waals surface area contributed by atoms with E-state index in [1.54, 1.807) is 5.55 Å². The highest BCUT2D eigenvalue weighted by Gasteiger charge is 2.21. The first kappa shape index (κ1) is 6.92. The first-order chi connectivity index (χ1) is 3.63. The molecule has 0 spiro atoms.